The number of hydrogen-bond acceptors (Lipinski definition) is 4. The van der Waals surface area contributed by atoms with Crippen molar-refractivity contribution in [2.24, 2.45) is 11.3 Å². The Kier molecular flexibility index (Phi) is 9.86. The van der Waals surface area contributed by atoms with Gasteiger partial charge in [-0.3, -0.25) is 19.8 Å². The molecule has 10 heteroatoms. The molecule has 4 rings (SSSR count). The average molecular weight is 522 g/mol. The summed E-state index contributed by atoms with van der Waals surface area (Å²) >= 11 is 0. The predicted octanol–water partition coefficient (Wildman–Crippen LogP) is 4.84. The molecule has 1 atom stereocenters. The number of carbonyl (C=O) groups excluding carboxylic acids is 2. The van der Waals surface area contributed by atoms with Crippen LogP contribution in [0.1, 0.15) is 44.1 Å². The number of halogens is 5. The van der Waals surface area contributed by atoms with Crippen molar-refractivity contribution in [2.75, 3.05) is 37.6 Å². The number of nitrogens with one attached hydrogen (secondary N) is 1. The zero-order valence-corrected chi connectivity index (χ0v) is 20.6. The van der Waals surface area contributed by atoms with Gasteiger partial charge in [-0.15, -0.1) is 24.8 Å². The first-order valence-electron chi connectivity index (χ1n) is 11.4. The van der Waals surface area contributed by atoms with Crippen LogP contribution in [-0.2, 0) is 15.8 Å². The lowest BCUT2D eigenvalue weighted by Gasteiger charge is -2.37. The number of piperidine rings is 1. The van der Waals surface area contributed by atoms with E-state index in [0.29, 0.717) is 37.5 Å². The second kappa shape index (κ2) is 11.8. The fraction of sp³-hybridized carbons (Fsp3) is 0.583. The number of hydrogen-bond donors (Lipinski definition) is 1. The molecule has 1 aliphatic carbocycles. The summed E-state index contributed by atoms with van der Waals surface area (Å²) in [7, 11) is 0. The fourth-order valence-electron chi connectivity index (χ4n) is 5.54. The third-order valence-electron chi connectivity index (χ3n) is 7.26. The quantitative estimate of drug-likeness (QED) is 0.444. The van der Waals surface area contributed by atoms with Crippen LogP contribution in [-0.4, -0.2) is 49.4 Å². The molecular weight excluding hydrogens is 490 g/mol. The molecule has 2 saturated heterocycles. The molecule has 1 N–H and O–H groups in total. The fourth-order valence-corrected chi connectivity index (χ4v) is 5.54. The summed E-state index contributed by atoms with van der Waals surface area (Å²) in [5, 5.41) is 2.42. The van der Waals surface area contributed by atoms with Crippen LogP contribution < -0.4 is 10.2 Å². The molecule has 1 saturated carbocycles. The van der Waals surface area contributed by atoms with Crippen LogP contribution in [0.25, 0.3) is 0 Å². The van der Waals surface area contributed by atoms with E-state index < -0.39 is 11.7 Å². The number of piperazine rings is 1. The van der Waals surface area contributed by atoms with Crippen molar-refractivity contribution in [3.8, 4) is 0 Å². The van der Waals surface area contributed by atoms with Crippen molar-refractivity contribution in [2.45, 2.75) is 44.7 Å². The third kappa shape index (κ3) is 6.67. The van der Waals surface area contributed by atoms with E-state index in [2.05, 4.69) is 22.4 Å². The largest absolute Gasteiger partial charge is 0.416 e. The molecule has 2 heterocycles. The van der Waals surface area contributed by atoms with Crippen LogP contribution in [0.5, 0.6) is 0 Å². The van der Waals surface area contributed by atoms with Gasteiger partial charge in [-0.05, 0) is 48.8 Å². The molecule has 1 unspecified atom stereocenters. The minimum atomic E-state index is -4.32. The molecule has 2 aliphatic heterocycles. The van der Waals surface area contributed by atoms with Crippen LogP contribution in [0, 0.1) is 11.3 Å². The number of amides is 2. The Morgan fingerprint density at radius 1 is 1.03 bits per heavy atom. The molecule has 3 aliphatic rings. The second-order valence-electron chi connectivity index (χ2n) is 9.32. The van der Waals surface area contributed by atoms with Crippen molar-refractivity contribution in [1.82, 2.24) is 10.2 Å². The molecule has 3 fully saturated rings. The monoisotopic (exact) mass is 521 g/mol. The van der Waals surface area contributed by atoms with Crippen LogP contribution in [0.4, 0.5) is 18.9 Å². The van der Waals surface area contributed by atoms with Crippen molar-refractivity contribution in [3.63, 3.8) is 0 Å². The summed E-state index contributed by atoms with van der Waals surface area (Å²) < 4.78 is 38.9. The van der Waals surface area contributed by atoms with E-state index in [-0.39, 0.29) is 42.0 Å². The summed E-state index contributed by atoms with van der Waals surface area (Å²) in [5.41, 5.74) is -0.157. The van der Waals surface area contributed by atoms with Crippen molar-refractivity contribution in [3.05, 3.63) is 42.0 Å². The molecule has 0 bridgehead atoms. The van der Waals surface area contributed by atoms with E-state index in [1.165, 1.54) is 12.1 Å². The molecule has 1 spiro atoms. The highest BCUT2D eigenvalue weighted by molar-refractivity contribution is 5.98. The Balaban J connectivity index is 0.00000204. The molecule has 190 valence electrons. The van der Waals surface area contributed by atoms with Crippen molar-refractivity contribution < 1.29 is 22.8 Å². The van der Waals surface area contributed by atoms with Gasteiger partial charge in [0.15, 0.2) is 0 Å². The number of carbonyl (C=O) groups is 2. The Labute approximate surface area is 210 Å². The number of alkyl halides is 3. The second-order valence-corrected chi connectivity index (χ2v) is 9.32. The maximum atomic E-state index is 13.0. The van der Waals surface area contributed by atoms with Gasteiger partial charge in [-0.1, -0.05) is 24.6 Å². The lowest BCUT2D eigenvalue weighted by Crippen LogP contribution is -2.46. The predicted molar refractivity (Wildman–Crippen MR) is 131 cm³/mol. The van der Waals surface area contributed by atoms with Gasteiger partial charge in [0.05, 0.1) is 5.56 Å². The van der Waals surface area contributed by atoms with E-state index in [1.807, 2.05) is 4.90 Å². The number of rotatable bonds is 5. The summed E-state index contributed by atoms with van der Waals surface area (Å²) in [6.07, 6.45) is 4.85. The molecule has 0 aromatic heterocycles. The topological polar surface area (TPSA) is 52.7 Å². The summed E-state index contributed by atoms with van der Waals surface area (Å²) in [5.74, 6) is 0.0815. The number of nitrogens with zero attached hydrogens (tertiary/aromatic N) is 2. The van der Waals surface area contributed by atoms with Gasteiger partial charge in [-0.2, -0.15) is 13.2 Å². The smallest absolute Gasteiger partial charge is 0.369 e. The van der Waals surface area contributed by atoms with E-state index in [9.17, 15) is 22.8 Å². The molecule has 5 nitrogen and oxygen atoms in total. The van der Waals surface area contributed by atoms with Gasteiger partial charge in [0.1, 0.15) is 0 Å². The highest BCUT2D eigenvalue weighted by atomic mass is 35.5. The number of anilines is 1. The number of allylic oxidation sites excluding steroid dienone is 1. The summed E-state index contributed by atoms with van der Waals surface area (Å²) in [6.45, 7) is 3.77. The lowest BCUT2D eigenvalue weighted by atomic mass is 9.69. The van der Waals surface area contributed by atoms with E-state index in [4.69, 9.17) is 0 Å². The molecule has 0 radical (unpaired) electrons. The molecule has 1 aromatic rings. The first-order valence-corrected chi connectivity index (χ1v) is 11.4. The van der Waals surface area contributed by atoms with Crippen molar-refractivity contribution >= 4 is 42.3 Å². The van der Waals surface area contributed by atoms with E-state index >= 15 is 0 Å². The Hall–Kier alpha value is -1.77. The Morgan fingerprint density at radius 2 is 1.71 bits per heavy atom. The molecular formula is C24H32Cl2F3N3O2. The summed E-state index contributed by atoms with van der Waals surface area (Å²) in [6, 6.07) is 5.53. The van der Waals surface area contributed by atoms with E-state index in [0.717, 1.165) is 51.4 Å². The maximum Gasteiger partial charge on any atom is 0.416 e. The molecule has 1 aromatic carbocycles. The van der Waals surface area contributed by atoms with E-state index in [1.54, 1.807) is 6.07 Å². The van der Waals surface area contributed by atoms with Gasteiger partial charge in [0.25, 0.3) is 0 Å². The van der Waals surface area contributed by atoms with Crippen LogP contribution in [0.3, 0.4) is 0 Å². The minimum absolute atomic E-state index is 0. The Morgan fingerprint density at radius 3 is 2.35 bits per heavy atom. The zero-order valence-electron chi connectivity index (χ0n) is 19.0. The standard InChI is InChI=1S/C24H30F3N3O2.2ClH/c25-24(26,27)19-6-3-8-20(15-19)30-13-11-29(12-14-30)10-2-1-5-18-7-4-9-23(18)16-21(31)28-22(32)17-23;;/h1-3,6,8,15,18H,4-5,7,9-14,16-17H2,(H,28,31,32);2*1H/b2-1+;;. The molecule has 2 amide bonds. The normalized spacial score (nSPS) is 23.0. The molecule has 34 heavy (non-hydrogen) atoms. The Bertz CT molecular complexity index is 870. The van der Waals surface area contributed by atoms with Gasteiger partial charge < -0.3 is 4.90 Å². The van der Waals surface area contributed by atoms with Gasteiger partial charge in [0.2, 0.25) is 11.8 Å². The lowest BCUT2D eigenvalue weighted by molar-refractivity contribution is -0.139. The number of benzene rings is 1. The van der Waals surface area contributed by atoms with Crippen LogP contribution in [0.15, 0.2) is 36.4 Å². The van der Waals surface area contributed by atoms with Crippen LogP contribution in [0.2, 0.25) is 0 Å². The van der Waals surface area contributed by atoms with Crippen molar-refractivity contribution in [1.29, 1.82) is 0 Å². The minimum Gasteiger partial charge on any atom is -0.369 e. The highest BCUT2D eigenvalue weighted by Crippen LogP contribution is 2.51. The third-order valence-corrected chi connectivity index (χ3v) is 7.26. The first-order chi connectivity index (χ1) is 15.2. The van der Waals surface area contributed by atoms with Crippen LogP contribution >= 0.6 is 24.8 Å². The zero-order chi connectivity index (χ0) is 22.8. The average Bonchev–Trinajstić information content (AvgIpc) is 3.11. The van der Waals surface area contributed by atoms with Gasteiger partial charge in [0, 0.05) is 51.3 Å². The highest BCUT2D eigenvalue weighted by Gasteiger charge is 2.47. The first kappa shape index (κ1) is 28.5. The summed E-state index contributed by atoms with van der Waals surface area (Å²) in [4.78, 5) is 28.1. The maximum absolute atomic E-state index is 13.0. The van der Waals surface area contributed by atoms with Gasteiger partial charge in [-0.25, -0.2) is 0 Å². The SMILES string of the molecule is Cl.Cl.O=C1CC2(CCCC2C/C=C/CN2CCN(c3cccc(C(F)(F)F)c3)CC2)CC(=O)N1. The number of imide groups is 1. The van der Waals surface area contributed by atoms with Gasteiger partial charge >= 0.3 is 6.18 Å².